The Morgan fingerprint density at radius 3 is 2.48 bits per heavy atom. The number of carbonyl (C=O) groups is 1. The van der Waals surface area contributed by atoms with Gasteiger partial charge in [-0.1, -0.05) is 72.3 Å². The molecule has 1 aliphatic heterocycles. The van der Waals surface area contributed by atoms with Gasteiger partial charge < -0.3 is 9.47 Å². The molecule has 29 heavy (non-hydrogen) atoms. The number of hydrogen-bond donors (Lipinski definition) is 0. The third-order valence-corrected chi connectivity index (χ3v) is 4.81. The largest absolute Gasteiger partial charge is 0.489 e. The summed E-state index contributed by atoms with van der Waals surface area (Å²) in [6.45, 7) is 4.43. The molecule has 0 atom stereocenters. The molecule has 0 N–H and O–H groups in total. The van der Waals surface area contributed by atoms with Crippen molar-refractivity contribution >= 4 is 11.9 Å². The van der Waals surface area contributed by atoms with Gasteiger partial charge in [0.15, 0.2) is 5.76 Å². The van der Waals surface area contributed by atoms with Crippen molar-refractivity contribution in [2.45, 2.75) is 20.5 Å². The van der Waals surface area contributed by atoms with E-state index in [1.54, 1.807) is 12.1 Å². The number of ether oxygens (including phenoxy) is 2. The SMILES string of the molecule is Cc1ccc(COc2cc(C)c3c(c2)O/C(=C\C=C\c2ccccc2)C3=O)cc1. The summed E-state index contributed by atoms with van der Waals surface area (Å²) < 4.78 is 11.7. The van der Waals surface area contributed by atoms with Crippen LogP contribution in [0.4, 0.5) is 0 Å². The molecule has 1 aliphatic rings. The number of fused-ring (bicyclic) bond motifs is 1. The van der Waals surface area contributed by atoms with E-state index in [1.165, 1.54) is 5.56 Å². The highest BCUT2D eigenvalue weighted by Crippen LogP contribution is 2.37. The predicted molar refractivity (Wildman–Crippen MR) is 115 cm³/mol. The first kappa shape index (κ1) is 18.8. The predicted octanol–water partition coefficient (Wildman–Crippen LogP) is 6.05. The normalized spacial score (nSPS) is 14.3. The summed E-state index contributed by atoms with van der Waals surface area (Å²) in [5, 5.41) is 0. The van der Waals surface area contributed by atoms with Crippen molar-refractivity contribution in [2.75, 3.05) is 0 Å². The lowest BCUT2D eigenvalue weighted by molar-refractivity contribution is 0.101. The van der Waals surface area contributed by atoms with Crippen molar-refractivity contribution in [2.24, 2.45) is 0 Å². The maximum absolute atomic E-state index is 12.7. The minimum atomic E-state index is -0.0969. The molecule has 1 heterocycles. The molecule has 0 unspecified atom stereocenters. The topological polar surface area (TPSA) is 35.5 Å². The number of hydrogen-bond acceptors (Lipinski definition) is 3. The smallest absolute Gasteiger partial charge is 0.232 e. The van der Waals surface area contributed by atoms with E-state index in [-0.39, 0.29) is 5.78 Å². The highest BCUT2D eigenvalue weighted by molar-refractivity contribution is 6.13. The van der Waals surface area contributed by atoms with E-state index in [4.69, 9.17) is 9.47 Å². The van der Waals surface area contributed by atoms with E-state index in [9.17, 15) is 4.79 Å². The van der Waals surface area contributed by atoms with Crippen LogP contribution >= 0.6 is 0 Å². The number of ketones is 1. The molecule has 3 aromatic carbocycles. The van der Waals surface area contributed by atoms with Gasteiger partial charge in [0.2, 0.25) is 5.78 Å². The molecule has 0 bridgehead atoms. The number of rotatable bonds is 5. The standard InChI is InChI=1S/C26H22O3/c1-18-11-13-21(14-12-18)17-28-22-15-19(2)25-24(16-22)29-23(26(25)27)10-6-9-20-7-4-3-5-8-20/h3-16H,17H2,1-2H3/b9-6+,23-10-. The molecular weight excluding hydrogens is 360 g/mol. The molecule has 0 saturated heterocycles. The molecular formula is C26H22O3. The van der Waals surface area contributed by atoms with Crippen LogP contribution in [-0.4, -0.2) is 5.78 Å². The summed E-state index contributed by atoms with van der Waals surface area (Å²) in [4.78, 5) is 12.7. The van der Waals surface area contributed by atoms with Crippen molar-refractivity contribution in [3.05, 3.63) is 112 Å². The van der Waals surface area contributed by atoms with Gasteiger partial charge in [0, 0.05) is 6.07 Å². The molecule has 0 aromatic heterocycles. The zero-order chi connectivity index (χ0) is 20.2. The van der Waals surface area contributed by atoms with Gasteiger partial charge in [-0.15, -0.1) is 0 Å². The Morgan fingerprint density at radius 2 is 1.72 bits per heavy atom. The van der Waals surface area contributed by atoms with E-state index in [1.807, 2.05) is 55.5 Å². The molecule has 0 radical (unpaired) electrons. The molecule has 3 nitrogen and oxygen atoms in total. The summed E-state index contributed by atoms with van der Waals surface area (Å²) >= 11 is 0. The first-order chi connectivity index (χ1) is 14.1. The molecule has 144 valence electrons. The molecule has 0 amide bonds. The lowest BCUT2D eigenvalue weighted by atomic mass is 10.0. The maximum atomic E-state index is 12.7. The summed E-state index contributed by atoms with van der Waals surface area (Å²) in [6.07, 6.45) is 5.48. The number of aryl methyl sites for hydroxylation is 2. The van der Waals surface area contributed by atoms with Crippen molar-refractivity contribution in [3.8, 4) is 11.5 Å². The lowest BCUT2D eigenvalue weighted by Gasteiger charge is -2.09. The van der Waals surface area contributed by atoms with Crippen molar-refractivity contribution in [1.29, 1.82) is 0 Å². The van der Waals surface area contributed by atoms with E-state index >= 15 is 0 Å². The third kappa shape index (κ3) is 4.30. The fourth-order valence-electron chi connectivity index (χ4n) is 3.24. The Hall–Kier alpha value is -3.59. The quantitative estimate of drug-likeness (QED) is 0.504. The van der Waals surface area contributed by atoms with Crippen LogP contribution in [0.3, 0.4) is 0 Å². The highest BCUT2D eigenvalue weighted by atomic mass is 16.5. The molecule has 3 aromatic rings. The second-order valence-electron chi connectivity index (χ2n) is 7.12. The summed E-state index contributed by atoms with van der Waals surface area (Å²) in [5.41, 5.74) is 4.83. The number of benzene rings is 3. The Morgan fingerprint density at radius 1 is 0.966 bits per heavy atom. The minimum Gasteiger partial charge on any atom is -0.489 e. The first-order valence-corrected chi connectivity index (χ1v) is 9.59. The Labute approximate surface area is 170 Å². The van der Waals surface area contributed by atoms with Crippen molar-refractivity contribution in [3.63, 3.8) is 0 Å². The van der Waals surface area contributed by atoms with Crippen LogP contribution in [0.25, 0.3) is 6.08 Å². The summed E-state index contributed by atoms with van der Waals surface area (Å²) in [6, 6.07) is 21.8. The molecule has 0 saturated carbocycles. The Bertz CT molecular complexity index is 1090. The third-order valence-electron chi connectivity index (χ3n) is 4.81. The highest BCUT2D eigenvalue weighted by Gasteiger charge is 2.29. The van der Waals surface area contributed by atoms with Gasteiger partial charge >= 0.3 is 0 Å². The van der Waals surface area contributed by atoms with Gasteiger partial charge in [0.1, 0.15) is 18.1 Å². The van der Waals surface area contributed by atoms with Crippen LogP contribution in [0.2, 0.25) is 0 Å². The van der Waals surface area contributed by atoms with E-state index in [0.717, 1.165) is 16.7 Å². The summed E-state index contributed by atoms with van der Waals surface area (Å²) in [7, 11) is 0. The van der Waals surface area contributed by atoms with E-state index < -0.39 is 0 Å². The van der Waals surface area contributed by atoms with Crippen LogP contribution < -0.4 is 9.47 Å². The minimum absolute atomic E-state index is 0.0969. The summed E-state index contributed by atoms with van der Waals surface area (Å²) in [5.74, 6) is 1.47. The fraction of sp³-hybridized carbons (Fsp3) is 0.115. The average molecular weight is 382 g/mol. The number of allylic oxidation sites excluding steroid dienone is 3. The fourth-order valence-corrected chi connectivity index (χ4v) is 3.24. The zero-order valence-corrected chi connectivity index (χ0v) is 16.5. The van der Waals surface area contributed by atoms with Gasteiger partial charge in [-0.3, -0.25) is 4.79 Å². The number of Topliss-reactive ketones (excluding diaryl/α,β-unsaturated/α-hetero) is 1. The zero-order valence-electron chi connectivity index (χ0n) is 16.5. The van der Waals surface area contributed by atoms with Gasteiger partial charge in [0.05, 0.1) is 5.56 Å². The van der Waals surface area contributed by atoms with Gasteiger partial charge in [-0.05, 0) is 42.7 Å². The van der Waals surface area contributed by atoms with Crippen molar-refractivity contribution in [1.82, 2.24) is 0 Å². The maximum Gasteiger partial charge on any atom is 0.232 e. The van der Waals surface area contributed by atoms with Crippen LogP contribution in [0.5, 0.6) is 11.5 Å². The van der Waals surface area contributed by atoms with Crippen LogP contribution in [0.1, 0.15) is 32.6 Å². The molecule has 0 spiro atoms. The van der Waals surface area contributed by atoms with Gasteiger partial charge in [0.25, 0.3) is 0 Å². The lowest BCUT2D eigenvalue weighted by Crippen LogP contribution is -1.99. The van der Waals surface area contributed by atoms with Crippen LogP contribution in [0.15, 0.2) is 84.6 Å². The van der Waals surface area contributed by atoms with Crippen LogP contribution in [-0.2, 0) is 6.61 Å². The van der Waals surface area contributed by atoms with Gasteiger partial charge in [-0.25, -0.2) is 0 Å². The number of carbonyl (C=O) groups excluding carboxylic acids is 1. The van der Waals surface area contributed by atoms with E-state index in [2.05, 4.69) is 31.2 Å². The Kier molecular flexibility index (Phi) is 5.30. The van der Waals surface area contributed by atoms with E-state index in [0.29, 0.717) is 29.4 Å². The van der Waals surface area contributed by atoms with Gasteiger partial charge in [-0.2, -0.15) is 0 Å². The second-order valence-corrected chi connectivity index (χ2v) is 7.12. The molecule has 3 heteroatoms. The molecule has 0 fully saturated rings. The average Bonchev–Trinajstić information content (AvgIpc) is 3.04. The monoisotopic (exact) mass is 382 g/mol. The van der Waals surface area contributed by atoms with Crippen LogP contribution in [0, 0.1) is 13.8 Å². The first-order valence-electron chi connectivity index (χ1n) is 9.59. The second kappa shape index (κ2) is 8.19. The molecule has 0 aliphatic carbocycles. The molecule has 4 rings (SSSR count). The Balaban J connectivity index is 1.49. The van der Waals surface area contributed by atoms with Crippen molar-refractivity contribution < 1.29 is 14.3 Å².